The highest BCUT2D eigenvalue weighted by molar-refractivity contribution is 5.88. The van der Waals surface area contributed by atoms with Crippen LogP contribution in [0.3, 0.4) is 0 Å². The predicted octanol–water partition coefficient (Wildman–Crippen LogP) is 3.29. The molecule has 2 rings (SSSR count). The van der Waals surface area contributed by atoms with Gasteiger partial charge in [0.1, 0.15) is 0 Å². The monoisotopic (exact) mass is 266 g/mol. The fraction of sp³-hybridized carbons (Fsp3) is 0.938. The Kier molecular flexibility index (Phi) is 3.97. The van der Waals surface area contributed by atoms with Gasteiger partial charge < -0.3 is 4.90 Å². The summed E-state index contributed by atoms with van der Waals surface area (Å²) < 4.78 is 0. The second-order valence-electron chi connectivity index (χ2n) is 7.22. The minimum atomic E-state index is -0.353. The van der Waals surface area contributed by atoms with E-state index < -0.39 is 0 Å². The number of rotatable bonds is 3. The maximum Gasteiger partial charge on any atom is 0.244 e. The number of hydrogen-bond acceptors (Lipinski definition) is 2. The Labute approximate surface area is 118 Å². The second-order valence-corrected chi connectivity index (χ2v) is 7.22. The maximum absolute atomic E-state index is 12.9. The van der Waals surface area contributed by atoms with Crippen molar-refractivity contribution in [1.82, 2.24) is 10.2 Å². The van der Waals surface area contributed by atoms with Gasteiger partial charge in [-0.25, -0.2) is 0 Å². The molecule has 2 fully saturated rings. The molecule has 1 aliphatic heterocycles. The molecule has 0 aromatic heterocycles. The molecule has 0 aromatic carbocycles. The van der Waals surface area contributed by atoms with Gasteiger partial charge in [0.25, 0.3) is 0 Å². The van der Waals surface area contributed by atoms with Crippen LogP contribution < -0.4 is 5.32 Å². The van der Waals surface area contributed by atoms with E-state index in [0.717, 1.165) is 19.3 Å². The lowest BCUT2D eigenvalue weighted by atomic mass is 9.72. The van der Waals surface area contributed by atoms with E-state index in [9.17, 15) is 4.79 Å². The van der Waals surface area contributed by atoms with Gasteiger partial charge in [-0.05, 0) is 38.0 Å². The molecule has 1 heterocycles. The number of nitrogens with zero attached hydrogens (tertiary/aromatic N) is 1. The van der Waals surface area contributed by atoms with Crippen LogP contribution in [0.1, 0.15) is 73.1 Å². The number of carbonyl (C=O) groups excluding carboxylic acids is 1. The van der Waals surface area contributed by atoms with Crippen LogP contribution in [0.25, 0.3) is 0 Å². The van der Waals surface area contributed by atoms with Crippen LogP contribution in [-0.4, -0.2) is 28.6 Å². The van der Waals surface area contributed by atoms with Crippen LogP contribution >= 0.6 is 0 Å². The van der Waals surface area contributed by atoms with Crippen molar-refractivity contribution in [2.75, 3.05) is 0 Å². The topological polar surface area (TPSA) is 32.3 Å². The molecule has 1 saturated heterocycles. The van der Waals surface area contributed by atoms with E-state index in [4.69, 9.17) is 0 Å². The molecule has 0 aromatic rings. The first-order valence-electron chi connectivity index (χ1n) is 7.96. The molecule has 0 spiro atoms. The van der Waals surface area contributed by atoms with Crippen molar-refractivity contribution >= 4 is 5.91 Å². The van der Waals surface area contributed by atoms with Crippen LogP contribution in [0.2, 0.25) is 0 Å². The van der Waals surface area contributed by atoms with Crippen molar-refractivity contribution in [2.45, 2.75) is 90.9 Å². The molecule has 0 bridgehead atoms. The molecule has 1 N–H and O–H groups in total. The Morgan fingerprint density at radius 2 is 1.95 bits per heavy atom. The summed E-state index contributed by atoms with van der Waals surface area (Å²) in [6, 6.07) is 0.402. The van der Waals surface area contributed by atoms with E-state index in [2.05, 4.69) is 44.8 Å². The standard InChI is InChI=1S/C16H30N2O/c1-6-13-17-16(5,7-2)14(19)18(13)12-10-8-9-11-15(12,3)4/h12-13,17H,6-11H2,1-5H3. The Morgan fingerprint density at radius 1 is 1.26 bits per heavy atom. The summed E-state index contributed by atoms with van der Waals surface area (Å²) in [4.78, 5) is 15.1. The van der Waals surface area contributed by atoms with E-state index in [0.29, 0.717) is 11.9 Å². The molecule has 3 unspecified atom stereocenters. The summed E-state index contributed by atoms with van der Waals surface area (Å²) in [6.45, 7) is 11.0. The highest BCUT2D eigenvalue weighted by Gasteiger charge is 2.51. The van der Waals surface area contributed by atoms with Gasteiger partial charge in [0.2, 0.25) is 5.91 Å². The lowest BCUT2D eigenvalue weighted by Gasteiger charge is -2.45. The van der Waals surface area contributed by atoms with Gasteiger partial charge in [0.05, 0.1) is 11.7 Å². The van der Waals surface area contributed by atoms with E-state index >= 15 is 0 Å². The van der Waals surface area contributed by atoms with E-state index in [1.807, 2.05) is 0 Å². The van der Waals surface area contributed by atoms with Crippen molar-refractivity contribution in [3.63, 3.8) is 0 Å². The van der Waals surface area contributed by atoms with Crippen LogP contribution in [0.5, 0.6) is 0 Å². The van der Waals surface area contributed by atoms with Gasteiger partial charge in [0.15, 0.2) is 0 Å². The van der Waals surface area contributed by atoms with Crippen molar-refractivity contribution < 1.29 is 4.79 Å². The zero-order valence-electron chi connectivity index (χ0n) is 13.3. The lowest BCUT2D eigenvalue weighted by molar-refractivity contribution is -0.138. The number of hydrogen-bond donors (Lipinski definition) is 1. The summed E-state index contributed by atoms with van der Waals surface area (Å²) in [5.41, 5.74) is -0.101. The molecular weight excluding hydrogens is 236 g/mol. The van der Waals surface area contributed by atoms with E-state index in [1.54, 1.807) is 0 Å². The van der Waals surface area contributed by atoms with Gasteiger partial charge in [-0.15, -0.1) is 0 Å². The summed E-state index contributed by atoms with van der Waals surface area (Å²) in [6.07, 6.45) is 7.05. The summed E-state index contributed by atoms with van der Waals surface area (Å²) in [5, 5.41) is 3.58. The van der Waals surface area contributed by atoms with Crippen molar-refractivity contribution in [3.05, 3.63) is 0 Å². The van der Waals surface area contributed by atoms with E-state index in [-0.39, 0.29) is 17.1 Å². The van der Waals surface area contributed by atoms with Crippen molar-refractivity contribution in [3.8, 4) is 0 Å². The second kappa shape index (κ2) is 5.08. The van der Waals surface area contributed by atoms with Gasteiger partial charge in [0, 0.05) is 6.04 Å². The maximum atomic E-state index is 12.9. The molecule has 1 saturated carbocycles. The first kappa shape index (κ1) is 14.8. The first-order valence-corrected chi connectivity index (χ1v) is 7.96. The molecule has 1 aliphatic carbocycles. The van der Waals surface area contributed by atoms with Crippen LogP contribution in [0.4, 0.5) is 0 Å². The van der Waals surface area contributed by atoms with E-state index in [1.165, 1.54) is 19.3 Å². The average molecular weight is 266 g/mol. The summed E-state index contributed by atoms with van der Waals surface area (Å²) in [5.74, 6) is 0.321. The third-order valence-corrected chi connectivity index (χ3v) is 5.41. The minimum Gasteiger partial charge on any atom is -0.322 e. The Morgan fingerprint density at radius 3 is 2.47 bits per heavy atom. The lowest BCUT2D eigenvalue weighted by Crippen LogP contribution is -2.52. The Hall–Kier alpha value is -0.570. The van der Waals surface area contributed by atoms with Crippen LogP contribution in [0, 0.1) is 5.41 Å². The number of nitrogens with one attached hydrogen (secondary N) is 1. The highest BCUT2D eigenvalue weighted by atomic mass is 16.2. The number of carbonyl (C=O) groups is 1. The third kappa shape index (κ3) is 2.42. The van der Waals surface area contributed by atoms with Gasteiger partial charge in [-0.2, -0.15) is 0 Å². The molecule has 3 atom stereocenters. The Balaban J connectivity index is 2.28. The van der Waals surface area contributed by atoms with Crippen molar-refractivity contribution in [1.29, 1.82) is 0 Å². The minimum absolute atomic E-state index is 0.222. The molecule has 3 nitrogen and oxygen atoms in total. The highest BCUT2D eigenvalue weighted by Crippen LogP contribution is 2.42. The Bertz CT molecular complexity index is 353. The smallest absolute Gasteiger partial charge is 0.244 e. The molecule has 19 heavy (non-hydrogen) atoms. The summed E-state index contributed by atoms with van der Waals surface area (Å²) >= 11 is 0. The predicted molar refractivity (Wildman–Crippen MR) is 78.8 cm³/mol. The molecule has 110 valence electrons. The third-order valence-electron chi connectivity index (χ3n) is 5.41. The zero-order valence-corrected chi connectivity index (χ0v) is 13.3. The SMILES string of the molecule is CCC1NC(C)(CC)C(=O)N1C1CCCCC1(C)C. The average Bonchev–Trinajstić information content (AvgIpc) is 2.63. The van der Waals surface area contributed by atoms with Crippen LogP contribution in [0.15, 0.2) is 0 Å². The van der Waals surface area contributed by atoms with Gasteiger partial charge in [-0.1, -0.05) is 40.5 Å². The zero-order chi connectivity index (χ0) is 14.3. The molecule has 1 amide bonds. The van der Waals surface area contributed by atoms with Gasteiger partial charge in [-0.3, -0.25) is 10.1 Å². The molecule has 2 aliphatic rings. The molecule has 3 heteroatoms. The largest absolute Gasteiger partial charge is 0.322 e. The first-order chi connectivity index (χ1) is 8.85. The van der Waals surface area contributed by atoms with Gasteiger partial charge >= 0.3 is 0 Å². The summed E-state index contributed by atoms with van der Waals surface area (Å²) in [7, 11) is 0. The van der Waals surface area contributed by atoms with Crippen LogP contribution in [-0.2, 0) is 4.79 Å². The van der Waals surface area contributed by atoms with Crippen molar-refractivity contribution in [2.24, 2.45) is 5.41 Å². The quantitative estimate of drug-likeness (QED) is 0.850. The fourth-order valence-electron chi connectivity index (χ4n) is 3.83. The fourth-order valence-corrected chi connectivity index (χ4v) is 3.83. The number of amides is 1. The molecular formula is C16H30N2O. The normalized spacial score (nSPS) is 38.8. The molecule has 0 radical (unpaired) electrons.